The SMILES string of the molecule is CCCCc1ccc(C(=O)N2CCC3(CC2)c2ccc(C(C)=O)n2CCN3C)cc1.CCCOc1ccc(C(=O)N2CCC3(CC2)c2ccc(C(F)(F)F)n2CCN3C)cc1OC.COc1cc(C(=O)N2CCC3(CC2)c2c(F)cc(C(F)(F)F)n2CCN3C)ccc1OCC(C)C. The number of likely N-dealkylation sites (tertiary alicyclic amines) is 3. The van der Waals surface area contributed by atoms with Crippen molar-refractivity contribution in [1.29, 1.82) is 0 Å². The highest BCUT2D eigenvalue weighted by Gasteiger charge is 2.52. The van der Waals surface area contributed by atoms with Crippen molar-refractivity contribution < 1.29 is 68.9 Å². The molecular weight excluding hydrogens is 1280 g/mol. The van der Waals surface area contributed by atoms with Crippen LogP contribution in [0, 0.1) is 11.7 Å². The van der Waals surface area contributed by atoms with Crippen LogP contribution in [-0.4, -0.2) is 174 Å². The Morgan fingerprint density at radius 2 is 0.929 bits per heavy atom. The third kappa shape index (κ3) is 14.6. The van der Waals surface area contributed by atoms with Crippen LogP contribution in [0.3, 0.4) is 0 Å². The van der Waals surface area contributed by atoms with Gasteiger partial charge in [-0.1, -0.05) is 46.2 Å². The number of hydrogen-bond acceptors (Lipinski definition) is 11. The topological polar surface area (TPSA) is 139 Å². The zero-order valence-corrected chi connectivity index (χ0v) is 58.1. The lowest BCUT2D eigenvalue weighted by Gasteiger charge is -2.50. The molecule has 0 bridgehead atoms. The Kier molecular flexibility index (Phi) is 22.3. The summed E-state index contributed by atoms with van der Waals surface area (Å²) in [5.41, 5.74) is 2.77. The van der Waals surface area contributed by atoms with Gasteiger partial charge in [-0.2, -0.15) is 26.3 Å². The predicted molar refractivity (Wildman–Crippen MR) is 359 cm³/mol. The molecule has 6 aromatic rings. The lowest BCUT2D eigenvalue weighted by molar-refractivity contribution is -0.145. The van der Waals surface area contributed by atoms with E-state index in [0.29, 0.717) is 137 Å². The van der Waals surface area contributed by atoms with E-state index in [1.54, 1.807) is 66.2 Å². The number of aryl methyl sites for hydroxylation is 1. The van der Waals surface area contributed by atoms with Crippen LogP contribution in [0.2, 0.25) is 0 Å². The molecule has 24 heteroatoms. The standard InChI is InChI=1S/C25H31F4N3O3.C25H33N3O2.C24H30F3N3O3/c1-16(2)15-35-19-6-5-17(13-20(19)34-4)23(33)31-9-7-24(8-10-31)22-18(26)14-21(25(27,28)29)32(22)12-11-30(24)3;1-4-5-6-20-7-9-21(10-8-20)24(30)27-15-13-25(14-16-27)23-12-11-22(19(2)29)28(23)18-17-26(25)3;1-4-15-33-18-6-5-17(16-19(18)32-3)22(31)29-11-9-23(10-12-29)20-7-8-21(24(25,26)27)30(20)14-13-28(23)2/h5-6,13-14,16H,7-12,15H2,1-4H3;7-12H,4-6,13-18H2,1-3H3;5-8,16H,4,9-15H2,1-3H3. The van der Waals surface area contributed by atoms with Crippen LogP contribution in [0.5, 0.6) is 23.0 Å². The molecule has 3 saturated heterocycles. The number of methoxy groups -OCH3 is 2. The van der Waals surface area contributed by atoms with Gasteiger partial charge in [0.05, 0.1) is 55.4 Å². The third-order valence-corrected chi connectivity index (χ3v) is 21.0. The lowest BCUT2D eigenvalue weighted by atomic mass is 9.81. The van der Waals surface area contributed by atoms with Crippen molar-refractivity contribution in [2.75, 3.05) is 107 Å². The Hall–Kier alpha value is -7.83. The molecule has 0 aliphatic carbocycles. The maximum Gasteiger partial charge on any atom is 0.431 e. The summed E-state index contributed by atoms with van der Waals surface area (Å²) in [6.45, 7) is 17.0. The summed E-state index contributed by atoms with van der Waals surface area (Å²) in [6, 6.07) is 25.8. The number of halogens is 7. The minimum Gasteiger partial charge on any atom is -0.493 e. The molecule has 17 nitrogen and oxygen atoms in total. The first-order chi connectivity index (χ1) is 46.6. The van der Waals surface area contributed by atoms with Crippen LogP contribution >= 0.6 is 0 Å². The van der Waals surface area contributed by atoms with Gasteiger partial charge in [-0.25, -0.2) is 4.39 Å². The van der Waals surface area contributed by atoms with Crippen molar-refractivity contribution >= 4 is 23.5 Å². The second kappa shape index (κ2) is 29.9. The average Bonchev–Trinajstić information content (AvgIpc) is 1.50. The number of benzene rings is 3. The summed E-state index contributed by atoms with van der Waals surface area (Å²) in [7, 11) is 8.99. The monoisotopic (exact) mass is 1370 g/mol. The molecule has 98 heavy (non-hydrogen) atoms. The second-order valence-corrected chi connectivity index (χ2v) is 27.3. The summed E-state index contributed by atoms with van der Waals surface area (Å²) in [6.07, 6.45) is -1.10. The molecule has 0 radical (unpaired) electrons. The number of fused-ring (bicyclic) bond motifs is 6. The smallest absolute Gasteiger partial charge is 0.431 e. The molecule has 3 spiro atoms. The molecular formula is C74H94F7N9O8. The van der Waals surface area contributed by atoms with Crippen LogP contribution < -0.4 is 18.9 Å². The van der Waals surface area contributed by atoms with Gasteiger partial charge in [0.15, 0.2) is 28.8 Å². The molecule has 532 valence electrons. The molecule has 0 saturated carbocycles. The highest BCUT2D eigenvalue weighted by atomic mass is 19.4. The summed E-state index contributed by atoms with van der Waals surface area (Å²) < 4.78 is 123. The van der Waals surface area contributed by atoms with Gasteiger partial charge in [0.2, 0.25) is 0 Å². The molecule has 0 N–H and O–H groups in total. The van der Waals surface area contributed by atoms with E-state index in [2.05, 4.69) is 46.5 Å². The number of Topliss-reactive ketones (excluding diaryl/α,β-unsaturated/α-hetero) is 1. The zero-order chi connectivity index (χ0) is 70.6. The Balaban J connectivity index is 0.000000160. The van der Waals surface area contributed by atoms with Crippen LogP contribution in [-0.2, 0) is 55.0 Å². The highest BCUT2D eigenvalue weighted by Crippen LogP contribution is 2.48. The van der Waals surface area contributed by atoms with Gasteiger partial charge in [-0.15, -0.1) is 0 Å². The highest BCUT2D eigenvalue weighted by molar-refractivity contribution is 5.96. The third-order valence-electron chi connectivity index (χ3n) is 21.0. The van der Waals surface area contributed by atoms with E-state index in [4.69, 9.17) is 18.9 Å². The minimum absolute atomic E-state index is 0.0685. The van der Waals surface area contributed by atoms with E-state index in [1.165, 1.54) is 49.0 Å². The molecule has 12 rings (SSSR count). The number of aromatic nitrogens is 3. The fraction of sp³-hybridized carbons (Fsp3) is 0.541. The van der Waals surface area contributed by atoms with Crippen molar-refractivity contribution in [1.82, 2.24) is 43.1 Å². The van der Waals surface area contributed by atoms with Gasteiger partial charge in [0.25, 0.3) is 17.7 Å². The summed E-state index contributed by atoms with van der Waals surface area (Å²) in [5, 5.41) is 0. The van der Waals surface area contributed by atoms with E-state index in [1.807, 2.05) is 55.8 Å². The molecule has 0 unspecified atom stereocenters. The number of likely N-dealkylation sites (N-methyl/N-ethyl adjacent to an activating group) is 3. The number of ketones is 1. The molecule has 0 atom stereocenters. The number of alkyl halides is 6. The molecule has 3 aromatic carbocycles. The largest absolute Gasteiger partial charge is 0.493 e. The van der Waals surface area contributed by atoms with Crippen LogP contribution in [0.1, 0.15) is 168 Å². The van der Waals surface area contributed by atoms with Crippen LogP contribution in [0.4, 0.5) is 30.7 Å². The van der Waals surface area contributed by atoms with E-state index in [-0.39, 0.29) is 41.3 Å². The van der Waals surface area contributed by atoms with Crippen molar-refractivity contribution in [3.05, 3.63) is 153 Å². The molecule has 6 aliphatic rings. The van der Waals surface area contributed by atoms with Gasteiger partial charge in [-0.3, -0.25) is 33.9 Å². The molecule has 3 aromatic heterocycles. The fourth-order valence-electron chi connectivity index (χ4n) is 15.4. The van der Waals surface area contributed by atoms with Crippen molar-refractivity contribution in [3.63, 3.8) is 0 Å². The lowest BCUT2D eigenvalue weighted by Crippen LogP contribution is -2.57. The van der Waals surface area contributed by atoms with Crippen LogP contribution in [0.15, 0.2) is 91.0 Å². The van der Waals surface area contributed by atoms with Gasteiger partial charge < -0.3 is 47.3 Å². The van der Waals surface area contributed by atoms with E-state index >= 15 is 0 Å². The van der Waals surface area contributed by atoms with Gasteiger partial charge >= 0.3 is 12.4 Å². The predicted octanol–water partition coefficient (Wildman–Crippen LogP) is 13.3. The molecule has 3 fully saturated rings. The van der Waals surface area contributed by atoms with Crippen molar-refractivity contribution in [2.24, 2.45) is 5.92 Å². The quantitative estimate of drug-likeness (QED) is 0.0717. The number of amides is 3. The summed E-state index contributed by atoms with van der Waals surface area (Å²) >= 11 is 0. The summed E-state index contributed by atoms with van der Waals surface area (Å²) in [5.74, 6) is 1.52. The second-order valence-electron chi connectivity index (χ2n) is 27.3. The van der Waals surface area contributed by atoms with Crippen molar-refractivity contribution in [2.45, 2.75) is 147 Å². The summed E-state index contributed by atoms with van der Waals surface area (Å²) in [4.78, 5) is 63.5. The maximum atomic E-state index is 14.9. The fourth-order valence-corrected chi connectivity index (χ4v) is 15.4. The van der Waals surface area contributed by atoms with Gasteiger partial charge in [0, 0.05) is 120 Å². The minimum atomic E-state index is -4.63. The van der Waals surface area contributed by atoms with E-state index in [0.717, 1.165) is 67.7 Å². The normalized spacial score (nSPS) is 18.3. The average molecular weight is 1370 g/mol. The van der Waals surface area contributed by atoms with E-state index < -0.39 is 40.6 Å². The van der Waals surface area contributed by atoms with Gasteiger partial charge in [-0.05, 0) is 163 Å². The molecule has 6 aliphatic heterocycles. The number of nitrogens with zero attached hydrogens (tertiary/aromatic N) is 9. The van der Waals surface area contributed by atoms with Crippen LogP contribution in [0.25, 0.3) is 0 Å². The molecule has 3 amide bonds. The Morgan fingerprint density at radius 3 is 1.40 bits per heavy atom. The number of hydrogen-bond donors (Lipinski definition) is 0. The van der Waals surface area contributed by atoms with Gasteiger partial charge in [0.1, 0.15) is 17.2 Å². The number of ether oxygens (including phenoxy) is 4. The Morgan fingerprint density at radius 1 is 0.490 bits per heavy atom. The zero-order valence-electron chi connectivity index (χ0n) is 58.1. The number of carbonyl (C=O) groups is 4. The van der Waals surface area contributed by atoms with Crippen molar-refractivity contribution in [3.8, 4) is 23.0 Å². The maximum absolute atomic E-state index is 14.9. The number of unbranched alkanes of at least 4 members (excludes halogenated alkanes) is 1. The first kappa shape index (κ1) is 72.9. The number of carbonyl (C=O) groups excluding carboxylic acids is 4. The number of piperidine rings is 3. The van der Waals surface area contributed by atoms with E-state index in [9.17, 15) is 49.9 Å². The first-order valence-corrected chi connectivity index (χ1v) is 34.3. The number of rotatable bonds is 15. The first-order valence-electron chi connectivity index (χ1n) is 34.3. The Labute approximate surface area is 570 Å². The molecule has 9 heterocycles. The Bertz CT molecular complexity index is 3790.